The molecule has 0 aliphatic carbocycles. The highest BCUT2D eigenvalue weighted by molar-refractivity contribution is 5.67. The molecule has 0 saturated heterocycles. The van der Waals surface area contributed by atoms with Gasteiger partial charge in [0.05, 0.1) is 0 Å². The summed E-state index contributed by atoms with van der Waals surface area (Å²) in [4.78, 5) is 11.0. The number of terminal acetylenes is 1. The Morgan fingerprint density at radius 3 is 2.05 bits per heavy atom. The molecule has 3 nitrogen and oxygen atoms in total. The van der Waals surface area contributed by atoms with Crippen molar-refractivity contribution in [2.24, 2.45) is 0 Å². The summed E-state index contributed by atoms with van der Waals surface area (Å²) in [5, 5.41) is 2.69. The first kappa shape index (κ1) is 17.8. The molecule has 0 rings (SSSR count). The molecular weight excluding hydrogens is 238 g/mol. The molecule has 3 heteroatoms. The van der Waals surface area contributed by atoms with E-state index in [-0.39, 0.29) is 6.61 Å². The number of carbonyl (C=O) groups is 1. The van der Waals surface area contributed by atoms with Crippen LogP contribution in [0, 0.1) is 12.3 Å². The summed E-state index contributed by atoms with van der Waals surface area (Å²) < 4.78 is 4.70. The molecule has 0 spiro atoms. The van der Waals surface area contributed by atoms with Crippen LogP contribution in [-0.2, 0) is 4.74 Å². The van der Waals surface area contributed by atoms with Crippen LogP contribution in [0.5, 0.6) is 0 Å². The molecule has 0 aliphatic rings. The van der Waals surface area contributed by atoms with Crippen molar-refractivity contribution < 1.29 is 9.53 Å². The molecular formula is C16H29NO2. The van der Waals surface area contributed by atoms with Gasteiger partial charge in [-0.25, -0.2) is 4.79 Å². The molecule has 0 radical (unpaired) electrons. The number of amides is 1. The standard InChI is InChI=1S/C16H29NO2/c1-3-5-6-7-8-9-10-11-12-13-14-17-16(18)19-15-4-2/h2H,3,5-15H2,1H3,(H,17,18). The molecule has 0 aromatic heterocycles. The van der Waals surface area contributed by atoms with Crippen LogP contribution in [0.2, 0.25) is 0 Å². The molecule has 0 atom stereocenters. The molecule has 0 saturated carbocycles. The highest BCUT2D eigenvalue weighted by Gasteiger charge is 1.98. The molecule has 0 aromatic carbocycles. The van der Waals surface area contributed by atoms with Gasteiger partial charge in [0.1, 0.15) is 0 Å². The zero-order valence-corrected chi connectivity index (χ0v) is 12.4. The van der Waals surface area contributed by atoms with Crippen LogP contribution in [0.3, 0.4) is 0 Å². The van der Waals surface area contributed by atoms with E-state index >= 15 is 0 Å². The molecule has 1 N–H and O–H groups in total. The van der Waals surface area contributed by atoms with E-state index in [2.05, 4.69) is 18.2 Å². The van der Waals surface area contributed by atoms with E-state index in [4.69, 9.17) is 11.2 Å². The Morgan fingerprint density at radius 1 is 1.00 bits per heavy atom. The molecule has 1 amide bonds. The van der Waals surface area contributed by atoms with Gasteiger partial charge < -0.3 is 10.1 Å². The summed E-state index contributed by atoms with van der Waals surface area (Å²) in [6, 6.07) is 0. The summed E-state index contributed by atoms with van der Waals surface area (Å²) in [7, 11) is 0. The molecule has 0 aromatic rings. The lowest BCUT2D eigenvalue weighted by molar-refractivity contribution is 0.160. The van der Waals surface area contributed by atoms with Crippen molar-refractivity contribution in [1.29, 1.82) is 0 Å². The Hall–Kier alpha value is -1.17. The Balaban J connectivity index is 3.07. The number of nitrogens with one attached hydrogen (secondary N) is 1. The molecule has 19 heavy (non-hydrogen) atoms. The lowest BCUT2D eigenvalue weighted by Gasteiger charge is -2.04. The third-order valence-corrected chi connectivity index (χ3v) is 3.09. The summed E-state index contributed by atoms with van der Waals surface area (Å²) in [6.07, 6.45) is 17.5. The SMILES string of the molecule is C#CCOC(=O)NCCCCCCCCCCCC. The quantitative estimate of drug-likeness (QED) is 0.423. The third-order valence-electron chi connectivity index (χ3n) is 3.09. The fraction of sp³-hybridized carbons (Fsp3) is 0.812. The summed E-state index contributed by atoms with van der Waals surface area (Å²) in [5.41, 5.74) is 0. The molecule has 0 bridgehead atoms. The smallest absolute Gasteiger partial charge is 0.408 e. The minimum absolute atomic E-state index is 0.0455. The van der Waals surface area contributed by atoms with Gasteiger partial charge in [0, 0.05) is 6.54 Å². The Bertz CT molecular complexity index is 246. The highest BCUT2D eigenvalue weighted by Crippen LogP contribution is 2.10. The van der Waals surface area contributed by atoms with Crippen molar-refractivity contribution >= 4 is 6.09 Å². The zero-order chi connectivity index (χ0) is 14.2. The van der Waals surface area contributed by atoms with Crippen molar-refractivity contribution in [2.75, 3.05) is 13.2 Å². The van der Waals surface area contributed by atoms with Crippen molar-refractivity contribution in [1.82, 2.24) is 5.32 Å². The van der Waals surface area contributed by atoms with Crippen molar-refractivity contribution in [3.63, 3.8) is 0 Å². The second-order valence-corrected chi connectivity index (χ2v) is 4.89. The maximum atomic E-state index is 11.0. The van der Waals surface area contributed by atoms with Crippen LogP contribution in [0.1, 0.15) is 71.1 Å². The molecule has 0 heterocycles. The van der Waals surface area contributed by atoms with Gasteiger partial charge >= 0.3 is 6.09 Å². The second kappa shape index (κ2) is 14.9. The average molecular weight is 267 g/mol. The first-order valence-electron chi connectivity index (χ1n) is 7.65. The normalized spacial score (nSPS) is 9.89. The number of hydrogen-bond donors (Lipinski definition) is 1. The van der Waals surface area contributed by atoms with Crippen LogP contribution >= 0.6 is 0 Å². The Morgan fingerprint density at radius 2 is 1.53 bits per heavy atom. The Kier molecular flexibility index (Phi) is 14.0. The van der Waals surface area contributed by atoms with E-state index in [1.54, 1.807) is 0 Å². The van der Waals surface area contributed by atoms with Gasteiger partial charge in [-0.15, -0.1) is 6.42 Å². The lowest BCUT2D eigenvalue weighted by atomic mass is 10.1. The molecule has 0 aliphatic heterocycles. The predicted octanol–water partition coefficient (Wildman–Crippen LogP) is 4.27. The van der Waals surface area contributed by atoms with Gasteiger partial charge in [0.25, 0.3) is 0 Å². The van der Waals surface area contributed by atoms with Crippen LogP contribution in [-0.4, -0.2) is 19.2 Å². The second-order valence-electron chi connectivity index (χ2n) is 4.89. The number of unbranched alkanes of at least 4 members (excludes halogenated alkanes) is 9. The third kappa shape index (κ3) is 14.8. The van der Waals surface area contributed by atoms with E-state index in [1.165, 1.54) is 57.8 Å². The zero-order valence-electron chi connectivity index (χ0n) is 12.4. The van der Waals surface area contributed by atoms with Gasteiger partial charge in [-0.3, -0.25) is 0 Å². The number of alkyl carbamates (subject to hydrolysis) is 1. The van der Waals surface area contributed by atoms with Gasteiger partial charge in [0.15, 0.2) is 6.61 Å². The van der Waals surface area contributed by atoms with Gasteiger partial charge in [-0.1, -0.05) is 70.6 Å². The largest absolute Gasteiger partial charge is 0.436 e. The lowest BCUT2D eigenvalue weighted by Crippen LogP contribution is -2.25. The van der Waals surface area contributed by atoms with Crippen LogP contribution in [0.4, 0.5) is 4.79 Å². The number of rotatable bonds is 12. The summed E-state index contributed by atoms with van der Waals surface area (Å²) >= 11 is 0. The maximum absolute atomic E-state index is 11.0. The Labute approximate surface area is 118 Å². The number of carbonyl (C=O) groups excluding carboxylic acids is 1. The van der Waals surface area contributed by atoms with Crippen molar-refractivity contribution in [3.05, 3.63) is 0 Å². The maximum Gasteiger partial charge on any atom is 0.408 e. The minimum atomic E-state index is -0.408. The molecule has 0 fully saturated rings. The van der Waals surface area contributed by atoms with Crippen LogP contribution in [0.25, 0.3) is 0 Å². The average Bonchev–Trinajstić information content (AvgIpc) is 2.42. The fourth-order valence-electron chi connectivity index (χ4n) is 1.96. The fourth-order valence-corrected chi connectivity index (χ4v) is 1.96. The van der Waals surface area contributed by atoms with Crippen molar-refractivity contribution in [2.45, 2.75) is 71.1 Å². The highest BCUT2D eigenvalue weighted by atomic mass is 16.5. The van der Waals surface area contributed by atoms with Crippen LogP contribution < -0.4 is 5.32 Å². The van der Waals surface area contributed by atoms with E-state index in [1.807, 2.05) is 0 Å². The van der Waals surface area contributed by atoms with Gasteiger partial charge in [0.2, 0.25) is 0 Å². The monoisotopic (exact) mass is 267 g/mol. The minimum Gasteiger partial charge on any atom is -0.436 e. The molecule has 110 valence electrons. The van der Waals surface area contributed by atoms with Crippen molar-refractivity contribution in [3.8, 4) is 12.3 Å². The van der Waals surface area contributed by atoms with E-state index in [0.29, 0.717) is 6.54 Å². The number of ether oxygens (including phenoxy) is 1. The summed E-state index contributed by atoms with van der Waals surface area (Å²) in [5.74, 6) is 2.26. The molecule has 0 unspecified atom stereocenters. The first-order valence-corrected chi connectivity index (χ1v) is 7.65. The predicted molar refractivity (Wildman–Crippen MR) is 80.0 cm³/mol. The van der Waals surface area contributed by atoms with E-state index in [9.17, 15) is 4.79 Å². The van der Waals surface area contributed by atoms with E-state index < -0.39 is 6.09 Å². The van der Waals surface area contributed by atoms with Crippen LogP contribution in [0.15, 0.2) is 0 Å². The van der Waals surface area contributed by atoms with Gasteiger partial charge in [-0.05, 0) is 6.42 Å². The topological polar surface area (TPSA) is 38.3 Å². The number of hydrogen-bond acceptors (Lipinski definition) is 2. The van der Waals surface area contributed by atoms with Gasteiger partial charge in [-0.2, -0.15) is 0 Å². The first-order chi connectivity index (χ1) is 9.31. The summed E-state index contributed by atoms with van der Waals surface area (Å²) in [6.45, 7) is 2.97. The van der Waals surface area contributed by atoms with E-state index in [0.717, 1.165) is 6.42 Å².